The van der Waals surface area contributed by atoms with Crippen LogP contribution in [0.3, 0.4) is 0 Å². The number of hydrogen-bond donors (Lipinski definition) is 1. The number of hydrogen-bond acceptors (Lipinski definition) is 2. The predicted octanol–water partition coefficient (Wildman–Crippen LogP) is 2.62. The Morgan fingerprint density at radius 1 is 1.40 bits per heavy atom. The lowest BCUT2D eigenvalue weighted by Crippen LogP contribution is -2.24. The molecule has 0 heterocycles. The molecule has 0 amide bonds. The molecule has 0 bridgehead atoms. The summed E-state index contributed by atoms with van der Waals surface area (Å²) in [5.41, 5.74) is 1.47. The third-order valence-corrected chi connectivity index (χ3v) is 3.35. The van der Waals surface area contributed by atoms with Gasteiger partial charge in [-0.2, -0.15) is 0 Å². The van der Waals surface area contributed by atoms with E-state index in [0.717, 1.165) is 29.7 Å². The van der Waals surface area contributed by atoms with Gasteiger partial charge in [-0.15, -0.1) is 0 Å². The zero-order chi connectivity index (χ0) is 11.1. The minimum Gasteiger partial charge on any atom is -0.497 e. The van der Waals surface area contributed by atoms with Gasteiger partial charge in [-0.1, -0.05) is 6.07 Å². The quantitative estimate of drug-likeness (QED) is 0.823. The van der Waals surface area contributed by atoms with Gasteiger partial charge < -0.3 is 9.84 Å². The van der Waals surface area contributed by atoms with Crippen molar-refractivity contribution in [2.24, 2.45) is 5.92 Å². The average Bonchev–Trinajstić information content (AvgIpc) is 3.00. The lowest BCUT2D eigenvalue weighted by Gasteiger charge is -2.25. The van der Waals surface area contributed by atoms with Crippen LogP contribution in [0.15, 0.2) is 18.2 Å². The summed E-state index contributed by atoms with van der Waals surface area (Å²) in [4.78, 5) is 0. The van der Waals surface area contributed by atoms with E-state index < -0.39 is 5.60 Å². The highest BCUT2D eigenvalue weighted by molar-refractivity contribution is 5.38. The highest BCUT2D eigenvalue weighted by atomic mass is 16.5. The molecule has 0 aliphatic heterocycles. The molecular weight excluding hydrogens is 188 g/mol. The molecule has 0 unspecified atom stereocenters. The molecule has 1 N–H and O–H groups in total. The topological polar surface area (TPSA) is 29.5 Å². The van der Waals surface area contributed by atoms with Gasteiger partial charge in [-0.3, -0.25) is 0 Å². The van der Waals surface area contributed by atoms with Crippen LogP contribution >= 0.6 is 0 Å². The normalized spacial score (nSPS) is 19.7. The first-order chi connectivity index (χ1) is 7.05. The second-order valence-corrected chi connectivity index (χ2v) is 4.60. The molecule has 1 atom stereocenters. The largest absolute Gasteiger partial charge is 0.497 e. The van der Waals surface area contributed by atoms with Crippen molar-refractivity contribution in [3.05, 3.63) is 29.3 Å². The molecule has 2 heteroatoms. The summed E-state index contributed by atoms with van der Waals surface area (Å²) >= 11 is 0. The summed E-state index contributed by atoms with van der Waals surface area (Å²) in [5, 5.41) is 10.4. The Hall–Kier alpha value is -1.02. The second kappa shape index (κ2) is 3.53. The van der Waals surface area contributed by atoms with Crippen molar-refractivity contribution in [2.45, 2.75) is 32.3 Å². The van der Waals surface area contributed by atoms with Crippen LogP contribution in [0.4, 0.5) is 0 Å². The number of methoxy groups -OCH3 is 1. The minimum atomic E-state index is -0.670. The smallest absolute Gasteiger partial charge is 0.119 e. The first-order valence-electron chi connectivity index (χ1n) is 5.43. The average molecular weight is 206 g/mol. The Kier molecular flexibility index (Phi) is 2.47. The Labute approximate surface area is 90.9 Å². The van der Waals surface area contributed by atoms with Crippen LogP contribution in [-0.4, -0.2) is 12.2 Å². The van der Waals surface area contributed by atoms with Crippen molar-refractivity contribution in [3.63, 3.8) is 0 Å². The molecule has 1 saturated carbocycles. The zero-order valence-corrected chi connectivity index (χ0v) is 9.58. The van der Waals surface area contributed by atoms with Crippen LogP contribution in [0.1, 0.15) is 30.9 Å². The van der Waals surface area contributed by atoms with Gasteiger partial charge in [0.1, 0.15) is 5.75 Å². The lowest BCUT2D eigenvalue weighted by molar-refractivity contribution is 0.0324. The maximum absolute atomic E-state index is 10.4. The Morgan fingerprint density at radius 3 is 2.53 bits per heavy atom. The molecule has 1 aliphatic carbocycles. The molecule has 1 aromatic rings. The zero-order valence-electron chi connectivity index (χ0n) is 9.58. The second-order valence-electron chi connectivity index (χ2n) is 4.60. The number of ether oxygens (including phenoxy) is 1. The maximum Gasteiger partial charge on any atom is 0.119 e. The summed E-state index contributed by atoms with van der Waals surface area (Å²) in [6.45, 7) is 3.94. The fourth-order valence-corrected chi connectivity index (χ4v) is 2.20. The van der Waals surface area contributed by atoms with Crippen molar-refractivity contribution in [1.82, 2.24) is 0 Å². The van der Waals surface area contributed by atoms with E-state index in [1.165, 1.54) is 0 Å². The van der Waals surface area contributed by atoms with Crippen molar-refractivity contribution in [3.8, 4) is 5.75 Å². The molecule has 2 nitrogen and oxygen atoms in total. The van der Waals surface area contributed by atoms with Crippen LogP contribution in [-0.2, 0) is 5.60 Å². The van der Waals surface area contributed by atoms with Crippen LogP contribution in [0.5, 0.6) is 5.75 Å². The molecule has 82 valence electrons. The molecule has 0 saturated heterocycles. The fourth-order valence-electron chi connectivity index (χ4n) is 2.20. The standard InChI is InChI=1S/C13H18O2/c1-9-8-11(15-3)6-7-12(9)13(2,14)10-4-5-10/h6-8,10,14H,4-5H2,1-3H3/t13-/m0/s1. The molecule has 15 heavy (non-hydrogen) atoms. The van der Waals surface area contributed by atoms with Gasteiger partial charge in [0.15, 0.2) is 0 Å². The van der Waals surface area contributed by atoms with E-state index in [9.17, 15) is 5.11 Å². The summed E-state index contributed by atoms with van der Waals surface area (Å²) < 4.78 is 5.16. The Balaban J connectivity index is 2.35. The molecule has 2 rings (SSSR count). The molecule has 1 aromatic carbocycles. The highest BCUT2D eigenvalue weighted by Crippen LogP contribution is 2.46. The van der Waals surface area contributed by atoms with Crippen LogP contribution < -0.4 is 4.74 Å². The van der Waals surface area contributed by atoms with Crippen molar-refractivity contribution in [1.29, 1.82) is 0 Å². The van der Waals surface area contributed by atoms with Crippen LogP contribution in [0, 0.1) is 12.8 Å². The Morgan fingerprint density at radius 2 is 2.07 bits per heavy atom. The van der Waals surface area contributed by atoms with Gasteiger partial charge in [0.2, 0.25) is 0 Å². The highest BCUT2D eigenvalue weighted by Gasteiger charge is 2.41. The monoisotopic (exact) mass is 206 g/mol. The maximum atomic E-state index is 10.4. The number of aryl methyl sites for hydroxylation is 1. The van der Waals surface area contributed by atoms with Crippen molar-refractivity contribution < 1.29 is 9.84 Å². The van der Waals surface area contributed by atoms with Crippen molar-refractivity contribution in [2.75, 3.05) is 7.11 Å². The van der Waals surface area contributed by atoms with E-state index in [0.29, 0.717) is 5.92 Å². The van der Waals surface area contributed by atoms with Gasteiger partial charge in [0.05, 0.1) is 12.7 Å². The predicted molar refractivity (Wildman–Crippen MR) is 60.0 cm³/mol. The third kappa shape index (κ3) is 1.86. The minimum absolute atomic E-state index is 0.435. The number of aliphatic hydroxyl groups is 1. The molecule has 0 spiro atoms. The van der Waals surface area contributed by atoms with Crippen LogP contribution in [0.2, 0.25) is 0 Å². The van der Waals surface area contributed by atoms with E-state index >= 15 is 0 Å². The van der Waals surface area contributed by atoms with Crippen LogP contribution in [0.25, 0.3) is 0 Å². The van der Waals surface area contributed by atoms with E-state index in [4.69, 9.17) is 4.74 Å². The lowest BCUT2D eigenvalue weighted by atomic mass is 9.88. The van der Waals surface area contributed by atoms with E-state index in [2.05, 4.69) is 0 Å². The molecule has 0 aromatic heterocycles. The van der Waals surface area contributed by atoms with Gasteiger partial charge in [-0.05, 0) is 55.9 Å². The molecule has 0 radical (unpaired) electrons. The molecule has 1 fully saturated rings. The van der Waals surface area contributed by atoms with Gasteiger partial charge >= 0.3 is 0 Å². The number of rotatable bonds is 3. The van der Waals surface area contributed by atoms with E-state index in [-0.39, 0.29) is 0 Å². The summed E-state index contributed by atoms with van der Waals surface area (Å²) in [6.07, 6.45) is 2.27. The summed E-state index contributed by atoms with van der Waals surface area (Å²) in [5.74, 6) is 1.28. The fraction of sp³-hybridized carbons (Fsp3) is 0.538. The van der Waals surface area contributed by atoms with Gasteiger partial charge in [0.25, 0.3) is 0 Å². The summed E-state index contributed by atoms with van der Waals surface area (Å²) in [6, 6.07) is 5.87. The van der Waals surface area contributed by atoms with Gasteiger partial charge in [0, 0.05) is 0 Å². The third-order valence-electron chi connectivity index (χ3n) is 3.35. The first-order valence-corrected chi connectivity index (χ1v) is 5.43. The molecular formula is C13H18O2. The van der Waals surface area contributed by atoms with Crippen molar-refractivity contribution >= 4 is 0 Å². The van der Waals surface area contributed by atoms with E-state index in [1.807, 2.05) is 32.0 Å². The Bertz CT molecular complexity index is 365. The van der Waals surface area contributed by atoms with Gasteiger partial charge in [-0.25, -0.2) is 0 Å². The SMILES string of the molecule is COc1ccc([C@@](C)(O)C2CC2)c(C)c1. The summed E-state index contributed by atoms with van der Waals surface area (Å²) in [7, 11) is 1.66. The van der Waals surface area contributed by atoms with E-state index in [1.54, 1.807) is 7.11 Å². The first kappa shape index (κ1) is 10.5. The molecule has 1 aliphatic rings. The number of benzene rings is 1.